The van der Waals surface area contributed by atoms with Crippen LogP contribution in [-0.2, 0) is 0 Å². The number of fused-ring (bicyclic) bond motifs is 2. The molecule has 0 aromatic heterocycles. The minimum Gasteiger partial charge on any atom is -0.235 e. The summed E-state index contributed by atoms with van der Waals surface area (Å²) in [6.45, 7) is 0. The molecule has 0 saturated heterocycles. The number of hydrogen-bond donors (Lipinski definition) is 0. The Kier molecular flexibility index (Phi) is 2.94. The predicted octanol–water partition coefficient (Wildman–Crippen LogP) is 3.12. The fraction of sp³-hybridized carbons (Fsp3) is 0. The largest absolute Gasteiger partial charge is 0.235 e. The van der Waals surface area contributed by atoms with Crippen molar-refractivity contribution >= 4 is 23.5 Å². The second-order valence-corrected chi connectivity index (χ2v) is 5.81. The van der Waals surface area contributed by atoms with Crippen molar-refractivity contribution in [3.63, 3.8) is 0 Å². The van der Waals surface area contributed by atoms with Gasteiger partial charge >= 0.3 is 0 Å². The maximum absolute atomic E-state index is 14.0. The van der Waals surface area contributed by atoms with Gasteiger partial charge in [0.15, 0.2) is 5.84 Å². The molecule has 0 atom stereocenters. The third-order valence-electron chi connectivity index (χ3n) is 4.25. The number of hydrogen-bond acceptors (Lipinski definition) is 4. The van der Waals surface area contributed by atoms with Gasteiger partial charge in [-0.1, -0.05) is 24.3 Å². The van der Waals surface area contributed by atoms with Crippen LogP contribution in [0.1, 0.15) is 5.56 Å². The molecule has 4 nitrogen and oxygen atoms in total. The highest BCUT2D eigenvalue weighted by atomic mass is 19.1. The fourth-order valence-electron chi connectivity index (χ4n) is 2.97. The lowest BCUT2D eigenvalue weighted by Crippen LogP contribution is -2.02. The summed E-state index contributed by atoms with van der Waals surface area (Å²) in [4.78, 5) is 17.4. The third-order valence-corrected chi connectivity index (χ3v) is 4.25. The molecule has 0 spiro atoms. The highest BCUT2D eigenvalue weighted by Crippen LogP contribution is 2.18. The molecule has 25 heavy (non-hydrogen) atoms. The second-order valence-electron chi connectivity index (χ2n) is 5.81. The monoisotopic (exact) mass is 326 g/mol. The van der Waals surface area contributed by atoms with E-state index in [2.05, 4.69) is 20.0 Å². The van der Waals surface area contributed by atoms with Crippen LogP contribution in [0, 0.1) is 16.3 Å². The Morgan fingerprint density at radius 3 is 2.32 bits per heavy atom. The van der Waals surface area contributed by atoms with Crippen LogP contribution in [0.4, 0.5) is 15.8 Å². The topological polar surface area (TPSA) is 49.4 Å². The summed E-state index contributed by atoms with van der Waals surface area (Å²) < 4.78 is 14.0. The van der Waals surface area contributed by atoms with Crippen LogP contribution < -0.4 is 10.7 Å². The van der Waals surface area contributed by atoms with E-state index in [1.165, 1.54) is 6.07 Å². The van der Waals surface area contributed by atoms with Crippen LogP contribution in [-0.4, -0.2) is 12.2 Å². The van der Waals surface area contributed by atoms with Gasteiger partial charge in [0.1, 0.15) is 12.2 Å². The van der Waals surface area contributed by atoms with E-state index in [1.54, 1.807) is 24.5 Å². The van der Waals surface area contributed by atoms with Gasteiger partial charge in [-0.3, -0.25) is 0 Å². The molecular formula is C20H11FN4. The van der Waals surface area contributed by atoms with E-state index in [4.69, 9.17) is 0 Å². The van der Waals surface area contributed by atoms with Crippen LogP contribution >= 0.6 is 0 Å². The van der Waals surface area contributed by atoms with Crippen molar-refractivity contribution in [3.8, 4) is 0 Å². The van der Waals surface area contributed by atoms with Gasteiger partial charge in [-0.15, -0.1) is 0 Å². The maximum atomic E-state index is 14.0. The molecule has 3 aromatic carbocycles. The van der Waals surface area contributed by atoms with Gasteiger partial charge in [-0.25, -0.2) is 24.4 Å². The van der Waals surface area contributed by atoms with Crippen molar-refractivity contribution in [1.82, 2.24) is 0 Å². The van der Waals surface area contributed by atoms with E-state index in [0.29, 0.717) is 11.4 Å². The molecule has 0 N–H and O–H groups in total. The molecule has 2 heterocycles. The van der Waals surface area contributed by atoms with E-state index in [9.17, 15) is 4.39 Å². The van der Waals surface area contributed by atoms with E-state index in [1.807, 2.05) is 36.4 Å². The van der Waals surface area contributed by atoms with Gasteiger partial charge in [-0.05, 0) is 46.8 Å². The first-order valence-corrected chi connectivity index (χ1v) is 7.85. The summed E-state index contributed by atoms with van der Waals surface area (Å²) in [5, 5.41) is 3.67. The first-order chi connectivity index (χ1) is 12.3. The Labute approximate surface area is 141 Å². The number of amidine groups is 1. The zero-order chi connectivity index (χ0) is 16.8. The molecule has 0 amide bonds. The highest BCUT2D eigenvalue weighted by molar-refractivity contribution is 6.02. The summed E-state index contributed by atoms with van der Waals surface area (Å²) >= 11 is 0. The average Bonchev–Trinajstić information content (AvgIpc) is 3.27. The Morgan fingerprint density at radius 1 is 0.720 bits per heavy atom. The molecule has 2 aliphatic heterocycles. The Hall–Kier alpha value is -3.47. The molecule has 0 aliphatic carbocycles. The summed E-state index contributed by atoms with van der Waals surface area (Å²) in [6, 6.07) is 18.3. The SMILES string of the molecule is Fc1ccccc1C1=Nc2cc(=c3ccc4c(c3)N=CN=4)ccc2=N1. The zero-order valence-electron chi connectivity index (χ0n) is 13.0. The van der Waals surface area contributed by atoms with Gasteiger partial charge in [0.2, 0.25) is 0 Å². The summed E-state index contributed by atoms with van der Waals surface area (Å²) in [7, 11) is 0. The second kappa shape index (κ2) is 5.27. The lowest BCUT2D eigenvalue weighted by atomic mass is 10.2. The van der Waals surface area contributed by atoms with Gasteiger partial charge in [0, 0.05) is 0 Å². The molecule has 3 aromatic rings. The van der Waals surface area contributed by atoms with Crippen molar-refractivity contribution in [2.75, 3.05) is 0 Å². The van der Waals surface area contributed by atoms with E-state index < -0.39 is 0 Å². The maximum Gasteiger partial charge on any atom is 0.163 e. The van der Waals surface area contributed by atoms with Gasteiger partial charge in [0.05, 0.1) is 27.7 Å². The first kappa shape index (κ1) is 13.9. The van der Waals surface area contributed by atoms with Crippen molar-refractivity contribution in [2.45, 2.75) is 0 Å². The number of nitrogens with zero attached hydrogens (tertiary/aromatic N) is 4. The van der Waals surface area contributed by atoms with E-state index >= 15 is 0 Å². The standard InChI is InChI=1S/C20H11FN4/c21-15-4-2-1-3-14(15)20-24-17-8-6-13(10-19(17)25-20)12-5-7-16-18(9-12)23-11-22-16/h1-11H. The van der Waals surface area contributed by atoms with Crippen molar-refractivity contribution in [1.29, 1.82) is 0 Å². The lowest BCUT2D eigenvalue weighted by molar-refractivity contribution is 0.625. The summed E-state index contributed by atoms with van der Waals surface area (Å²) in [6.07, 6.45) is 1.56. The molecule has 2 aliphatic rings. The van der Waals surface area contributed by atoms with Crippen LogP contribution in [0.25, 0.3) is 0 Å². The quantitative estimate of drug-likeness (QED) is 0.660. The van der Waals surface area contributed by atoms with E-state index in [-0.39, 0.29) is 5.82 Å². The molecule has 5 rings (SSSR count). The highest BCUT2D eigenvalue weighted by Gasteiger charge is 2.13. The Bertz CT molecular complexity index is 1310. The van der Waals surface area contributed by atoms with Crippen LogP contribution in [0.15, 0.2) is 80.6 Å². The summed E-state index contributed by atoms with van der Waals surface area (Å²) in [5.41, 5.74) is 2.01. The van der Waals surface area contributed by atoms with Crippen molar-refractivity contribution < 1.29 is 4.39 Å². The van der Waals surface area contributed by atoms with Crippen LogP contribution in [0.3, 0.4) is 0 Å². The van der Waals surface area contributed by atoms with Crippen LogP contribution in [0.5, 0.6) is 0 Å². The smallest absolute Gasteiger partial charge is 0.163 e. The third kappa shape index (κ3) is 2.29. The zero-order valence-corrected chi connectivity index (χ0v) is 13.0. The predicted molar refractivity (Wildman–Crippen MR) is 93.6 cm³/mol. The van der Waals surface area contributed by atoms with Gasteiger partial charge < -0.3 is 0 Å². The molecule has 0 radical (unpaired) electrons. The Morgan fingerprint density at radius 2 is 1.48 bits per heavy atom. The molecule has 5 heteroatoms. The molecular weight excluding hydrogens is 315 g/mol. The van der Waals surface area contributed by atoms with E-state index in [0.717, 1.165) is 32.5 Å². The summed E-state index contributed by atoms with van der Waals surface area (Å²) in [5.74, 6) is 0.0841. The first-order valence-electron chi connectivity index (χ1n) is 7.85. The lowest BCUT2D eigenvalue weighted by Gasteiger charge is -1.98. The number of halogens is 1. The fourth-order valence-corrected chi connectivity index (χ4v) is 2.97. The normalized spacial score (nSPS) is 15.2. The molecule has 0 fully saturated rings. The molecule has 0 saturated carbocycles. The average molecular weight is 326 g/mol. The minimum atomic E-state index is -0.321. The van der Waals surface area contributed by atoms with Crippen LogP contribution in [0.2, 0.25) is 0 Å². The van der Waals surface area contributed by atoms with Gasteiger partial charge in [0.25, 0.3) is 0 Å². The molecule has 0 unspecified atom stereocenters. The number of rotatable bonds is 1. The molecule has 0 bridgehead atoms. The molecule has 118 valence electrons. The van der Waals surface area contributed by atoms with Crippen molar-refractivity contribution in [2.24, 2.45) is 20.0 Å². The van der Waals surface area contributed by atoms with Crippen molar-refractivity contribution in [3.05, 3.63) is 93.2 Å². The minimum absolute atomic E-state index is 0.321. The number of aliphatic imine (C=N–C) groups is 2. The van der Waals surface area contributed by atoms with Gasteiger partial charge in [-0.2, -0.15) is 0 Å². The number of benzene rings is 3. The Balaban J connectivity index is 1.69.